The number of ether oxygens (including phenoxy) is 2. The zero-order valence-corrected chi connectivity index (χ0v) is 16.7. The largest absolute Gasteiger partial charge is 0.497 e. The first kappa shape index (κ1) is 20.0. The summed E-state index contributed by atoms with van der Waals surface area (Å²) >= 11 is 5.56. The van der Waals surface area contributed by atoms with Crippen molar-refractivity contribution >= 4 is 23.0 Å². The summed E-state index contributed by atoms with van der Waals surface area (Å²) in [7, 11) is 1.67. The zero-order valence-electron chi connectivity index (χ0n) is 15.9. The minimum Gasteiger partial charge on any atom is -0.497 e. The molecule has 140 valence electrons. The predicted octanol–water partition coefficient (Wildman–Crippen LogP) is 5.17. The normalized spacial score (nSPS) is 11.7. The molecule has 0 heterocycles. The summed E-state index contributed by atoms with van der Waals surface area (Å²) in [4.78, 5) is 0. The Hall–Kier alpha value is -2.27. The van der Waals surface area contributed by atoms with Crippen LogP contribution in [-0.2, 0) is 0 Å². The molecule has 0 fully saturated rings. The number of para-hydroxylation sites is 2. The van der Waals surface area contributed by atoms with E-state index in [4.69, 9.17) is 21.7 Å². The Kier molecular flexibility index (Phi) is 7.73. The Morgan fingerprint density at radius 1 is 1.08 bits per heavy atom. The fraction of sp³-hybridized carbons (Fsp3) is 0.381. The smallest absolute Gasteiger partial charge is 0.171 e. The summed E-state index contributed by atoms with van der Waals surface area (Å²) in [5, 5.41) is 7.29. The second-order valence-electron chi connectivity index (χ2n) is 6.48. The van der Waals surface area contributed by atoms with Gasteiger partial charge in [-0.3, -0.25) is 0 Å². The highest BCUT2D eigenvalue weighted by Gasteiger charge is 2.15. The van der Waals surface area contributed by atoms with Crippen LogP contribution in [0.25, 0.3) is 0 Å². The molecule has 2 aromatic rings. The van der Waals surface area contributed by atoms with Crippen LogP contribution in [0.1, 0.15) is 38.8 Å². The van der Waals surface area contributed by atoms with E-state index < -0.39 is 0 Å². The maximum atomic E-state index is 5.65. The molecule has 0 radical (unpaired) electrons. The van der Waals surface area contributed by atoms with Gasteiger partial charge in [-0.1, -0.05) is 38.1 Å². The summed E-state index contributed by atoms with van der Waals surface area (Å²) in [5.41, 5.74) is 2.05. The molecule has 0 aliphatic rings. The lowest BCUT2D eigenvalue weighted by atomic mass is 9.97. The summed E-state index contributed by atoms with van der Waals surface area (Å²) in [6.07, 6.45) is 0.973. The quantitative estimate of drug-likeness (QED) is 0.626. The van der Waals surface area contributed by atoms with Gasteiger partial charge in [0.15, 0.2) is 5.11 Å². The van der Waals surface area contributed by atoms with Gasteiger partial charge >= 0.3 is 0 Å². The number of hydrogen-bond donors (Lipinski definition) is 2. The fourth-order valence-corrected chi connectivity index (χ4v) is 3.01. The Labute approximate surface area is 161 Å². The second-order valence-corrected chi connectivity index (χ2v) is 6.89. The average molecular weight is 373 g/mol. The SMILES string of the molecule is CCOc1ccccc1NC(=S)NC(CC(C)C)c1ccc(OC)cc1. The molecule has 0 amide bonds. The summed E-state index contributed by atoms with van der Waals surface area (Å²) in [5.74, 6) is 2.18. The highest BCUT2D eigenvalue weighted by atomic mass is 32.1. The molecule has 0 aliphatic heterocycles. The van der Waals surface area contributed by atoms with Gasteiger partial charge in [0.05, 0.1) is 25.4 Å². The Bertz CT molecular complexity index is 701. The van der Waals surface area contributed by atoms with Crippen LogP contribution in [-0.4, -0.2) is 18.8 Å². The maximum absolute atomic E-state index is 5.65. The summed E-state index contributed by atoms with van der Waals surface area (Å²) in [6.45, 7) is 6.99. The minimum atomic E-state index is 0.125. The number of hydrogen-bond acceptors (Lipinski definition) is 3. The highest BCUT2D eigenvalue weighted by molar-refractivity contribution is 7.80. The number of thiocarbonyl (C=S) groups is 1. The third-order valence-corrected chi connectivity index (χ3v) is 4.19. The van der Waals surface area contributed by atoms with Crippen molar-refractivity contribution in [1.29, 1.82) is 0 Å². The predicted molar refractivity (Wildman–Crippen MR) is 112 cm³/mol. The maximum Gasteiger partial charge on any atom is 0.171 e. The van der Waals surface area contributed by atoms with Gasteiger partial charge in [0, 0.05) is 0 Å². The van der Waals surface area contributed by atoms with Gasteiger partial charge in [-0.25, -0.2) is 0 Å². The van der Waals surface area contributed by atoms with Gasteiger partial charge in [-0.2, -0.15) is 0 Å². The molecule has 1 atom stereocenters. The Balaban J connectivity index is 2.11. The minimum absolute atomic E-state index is 0.125. The van der Waals surface area contributed by atoms with E-state index in [1.807, 2.05) is 43.3 Å². The van der Waals surface area contributed by atoms with Crippen molar-refractivity contribution in [3.8, 4) is 11.5 Å². The first-order valence-electron chi connectivity index (χ1n) is 8.96. The molecule has 0 spiro atoms. The van der Waals surface area contributed by atoms with E-state index in [2.05, 4.69) is 36.6 Å². The lowest BCUT2D eigenvalue weighted by Gasteiger charge is -2.24. The molecule has 0 bridgehead atoms. The number of anilines is 1. The molecule has 5 heteroatoms. The lowest BCUT2D eigenvalue weighted by Crippen LogP contribution is -2.33. The lowest BCUT2D eigenvalue weighted by molar-refractivity contribution is 0.342. The average Bonchev–Trinajstić information content (AvgIpc) is 2.63. The van der Waals surface area contributed by atoms with Gasteiger partial charge in [0.25, 0.3) is 0 Å². The Morgan fingerprint density at radius 2 is 1.77 bits per heavy atom. The second kappa shape index (κ2) is 10.0. The van der Waals surface area contributed by atoms with Crippen LogP contribution in [0.5, 0.6) is 11.5 Å². The van der Waals surface area contributed by atoms with E-state index in [0.717, 1.165) is 23.6 Å². The highest BCUT2D eigenvalue weighted by Crippen LogP contribution is 2.26. The summed E-state index contributed by atoms with van der Waals surface area (Å²) < 4.78 is 10.9. The molecule has 1 unspecified atom stereocenters. The van der Waals surface area contributed by atoms with Gasteiger partial charge < -0.3 is 20.1 Å². The van der Waals surface area contributed by atoms with Crippen molar-refractivity contribution < 1.29 is 9.47 Å². The van der Waals surface area contributed by atoms with E-state index in [1.54, 1.807) is 7.11 Å². The number of nitrogens with one attached hydrogen (secondary N) is 2. The topological polar surface area (TPSA) is 42.5 Å². The van der Waals surface area contributed by atoms with Crippen molar-refractivity contribution in [3.63, 3.8) is 0 Å². The molecule has 2 aromatic carbocycles. The van der Waals surface area contributed by atoms with Crippen LogP contribution in [0.3, 0.4) is 0 Å². The third kappa shape index (κ3) is 5.92. The van der Waals surface area contributed by atoms with Crippen LogP contribution < -0.4 is 20.1 Å². The van der Waals surface area contributed by atoms with Gasteiger partial charge in [0.1, 0.15) is 11.5 Å². The number of rotatable bonds is 8. The van der Waals surface area contributed by atoms with Crippen LogP contribution in [0.15, 0.2) is 48.5 Å². The molecule has 2 N–H and O–H groups in total. The van der Waals surface area contributed by atoms with Gasteiger partial charge in [-0.15, -0.1) is 0 Å². The Morgan fingerprint density at radius 3 is 2.38 bits per heavy atom. The van der Waals surface area contributed by atoms with Gasteiger partial charge in [-0.05, 0) is 61.3 Å². The van der Waals surface area contributed by atoms with E-state index in [0.29, 0.717) is 17.6 Å². The molecular formula is C21H28N2O2S. The van der Waals surface area contributed by atoms with E-state index >= 15 is 0 Å². The molecule has 4 nitrogen and oxygen atoms in total. The molecule has 0 saturated heterocycles. The van der Waals surface area contributed by atoms with Crippen molar-refractivity contribution in [3.05, 3.63) is 54.1 Å². The zero-order chi connectivity index (χ0) is 18.9. The van der Waals surface area contributed by atoms with E-state index in [-0.39, 0.29) is 6.04 Å². The monoisotopic (exact) mass is 372 g/mol. The standard InChI is InChI=1S/C21H28N2O2S/c1-5-25-20-9-7-6-8-18(20)22-21(26)23-19(14-15(2)3)16-10-12-17(24-4)13-11-16/h6-13,15,19H,5,14H2,1-4H3,(H2,22,23,26). The fourth-order valence-electron chi connectivity index (χ4n) is 2.75. The van der Waals surface area contributed by atoms with E-state index in [9.17, 15) is 0 Å². The molecular weight excluding hydrogens is 344 g/mol. The molecule has 0 saturated carbocycles. The van der Waals surface area contributed by atoms with Crippen molar-refractivity contribution in [2.75, 3.05) is 19.0 Å². The van der Waals surface area contributed by atoms with Crippen LogP contribution in [0.4, 0.5) is 5.69 Å². The van der Waals surface area contributed by atoms with Crippen LogP contribution in [0.2, 0.25) is 0 Å². The molecule has 26 heavy (non-hydrogen) atoms. The van der Waals surface area contributed by atoms with Crippen molar-refractivity contribution in [2.45, 2.75) is 33.2 Å². The van der Waals surface area contributed by atoms with E-state index in [1.165, 1.54) is 5.56 Å². The number of benzene rings is 2. The van der Waals surface area contributed by atoms with Crippen LogP contribution in [0, 0.1) is 5.92 Å². The summed E-state index contributed by atoms with van der Waals surface area (Å²) in [6, 6.07) is 16.0. The third-order valence-electron chi connectivity index (χ3n) is 3.97. The van der Waals surface area contributed by atoms with Crippen molar-refractivity contribution in [2.24, 2.45) is 5.92 Å². The molecule has 2 rings (SSSR count). The first-order valence-corrected chi connectivity index (χ1v) is 9.37. The number of methoxy groups -OCH3 is 1. The molecule has 0 aliphatic carbocycles. The molecule has 0 aromatic heterocycles. The van der Waals surface area contributed by atoms with Crippen molar-refractivity contribution in [1.82, 2.24) is 5.32 Å². The van der Waals surface area contributed by atoms with Crippen LogP contribution >= 0.6 is 12.2 Å². The first-order chi connectivity index (χ1) is 12.5. The van der Waals surface area contributed by atoms with Gasteiger partial charge in [0.2, 0.25) is 0 Å².